The molecule has 0 bridgehead atoms. The van der Waals surface area contributed by atoms with Crippen LogP contribution in [0.15, 0.2) is 52.1 Å². The molecule has 0 saturated carbocycles. The predicted molar refractivity (Wildman–Crippen MR) is 105 cm³/mol. The third-order valence-electron chi connectivity index (χ3n) is 4.59. The number of rotatable bonds is 4. The first-order chi connectivity index (χ1) is 13.5. The van der Waals surface area contributed by atoms with Crippen LogP contribution in [-0.2, 0) is 10.0 Å². The Morgan fingerprint density at radius 1 is 1.00 bits per heavy atom. The lowest BCUT2D eigenvalue weighted by molar-refractivity contribution is 0.0691. The minimum absolute atomic E-state index is 0.229. The Hall–Kier alpha value is -2.56. The van der Waals surface area contributed by atoms with Crippen LogP contribution in [0, 0.1) is 6.92 Å². The third kappa shape index (κ3) is 3.46. The largest absolute Gasteiger partial charge is 0.335 e. The van der Waals surface area contributed by atoms with Crippen molar-refractivity contribution in [3.05, 3.63) is 59.2 Å². The third-order valence-corrected chi connectivity index (χ3v) is 7.86. The van der Waals surface area contributed by atoms with E-state index in [-0.39, 0.29) is 19.0 Å². The maximum Gasteiger partial charge on any atom is 0.276 e. The molecule has 1 aliphatic rings. The average Bonchev–Trinajstić information content (AvgIpc) is 3.39. The second-order valence-corrected chi connectivity index (χ2v) is 9.50. The van der Waals surface area contributed by atoms with E-state index in [9.17, 15) is 13.2 Å². The lowest BCUT2D eigenvalue weighted by Gasteiger charge is -2.33. The maximum absolute atomic E-state index is 12.9. The van der Waals surface area contributed by atoms with Gasteiger partial charge in [-0.05, 0) is 30.5 Å². The van der Waals surface area contributed by atoms with Gasteiger partial charge in [0.15, 0.2) is 5.69 Å². The number of thiophene rings is 1. The molecule has 0 unspecified atom stereocenters. The Bertz CT molecular complexity index is 1070. The molecule has 4 rings (SSSR count). The number of amides is 1. The van der Waals surface area contributed by atoms with Gasteiger partial charge in [0.25, 0.3) is 15.9 Å². The fraction of sp³-hybridized carbons (Fsp3) is 0.278. The fourth-order valence-electron chi connectivity index (χ4n) is 3.07. The van der Waals surface area contributed by atoms with E-state index in [0.29, 0.717) is 28.7 Å². The first kappa shape index (κ1) is 18.8. The maximum atomic E-state index is 12.9. The number of aromatic nitrogens is 3. The standard InChI is InChI=1S/C18H19N5O3S2/c1-14-17(20-23(19-14)15-6-3-2-4-7-15)18(24)21-9-11-22(12-10-21)28(25,26)16-8-5-13-27-16/h2-8,13H,9-12H2,1H3. The molecule has 1 aromatic carbocycles. The van der Waals surface area contributed by atoms with Crippen molar-refractivity contribution in [2.75, 3.05) is 26.2 Å². The Kier molecular flexibility index (Phi) is 5.00. The summed E-state index contributed by atoms with van der Waals surface area (Å²) in [5.41, 5.74) is 1.61. The topological polar surface area (TPSA) is 88.4 Å². The van der Waals surface area contributed by atoms with Gasteiger partial charge >= 0.3 is 0 Å². The lowest BCUT2D eigenvalue weighted by atomic mass is 10.2. The van der Waals surface area contributed by atoms with Gasteiger partial charge < -0.3 is 4.90 Å². The van der Waals surface area contributed by atoms with Crippen molar-refractivity contribution in [2.24, 2.45) is 0 Å². The van der Waals surface area contributed by atoms with Crippen molar-refractivity contribution in [1.82, 2.24) is 24.2 Å². The summed E-state index contributed by atoms with van der Waals surface area (Å²) < 4.78 is 27.0. The van der Waals surface area contributed by atoms with Crippen LogP contribution in [-0.4, -0.2) is 64.7 Å². The van der Waals surface area contributed by atoms with Gasteiger partial charge in [0, 0.05) is 26.2 Å². The molecule has 8 nitrogen and oxygen atoms in total. The quantitative estimate of drug-likeness (QED) is 0.646. The zero-order valence-corrected chi connectivity index (χ0v) is 16.9. The molecule has 0 radical (unpaired) electrons. The molecule has 3 aromatic rings. The van der Waals surface area contributed by atoms with Gasteiger partial charge in [-0.1, -0.05) is 24.3 Å². The molecule has 1 fully saturated rings. The van der Waals surface area contributed by atoms with E-state index in [2.05, 4.69) is 10.2 Å². The molecule has 146 valence electrons. The van der Waals surface area contributed by atoms with E-state index in [1.165, 1.54) is 20.4 Å². The van der Waals surface area contributed by atoms with Crippen LogP contribution in [0.2, 0.25) is 0 Å². The molecular weight excluding hydrogens is 398 g/mol. The zero-order chi connectivity index (χ0) is 19.7. The van der Waals surface area contributed by atoms with Crippen molar-refractivity contribution >= 4 is 27.3 Å². The molecule has 3 heterocycles. The highest BCUT2D eigenvalue weighted by atomic mass is 32.2. The van der Waals surface area contributed by atoms with Crippen molar-refractivity contribution in [3.8, 4) is 5.69 Å². The molecule has 10 heteroatoms. The number of carbonyl (C=O) groups is 1. The Morgan fingerprint density at radius 3 is 2.36 bits per heavy atom. The van der Waals surface area contributed by atoms with Gasteiger partial charge in [-0.3, -0.25) is 4.79 Å². The van der Waals surface area contributed by atoms with Crippen molar-refractivity contribution in [3.63, 3.8) is 0 Å². The summed E-state index contributed by atoms with van der Waals surface area (Å²) in [6.07, 6.45) is 0. The van der Waals surface area contributed by atoms with Crippen molar-refractivity contribution in [1.29, 1.82) is 0 Å². The lowest BCUT2D eigenvalue weighted by Crippen LogP contribution is -2.50. The normalized spacial score (nSPS) is 15.7. The van der Waals surface area contributed by atoms with Crippen LogP contribution in [0.1, 0.15) is 16.2 Å². The Balaban J connectivity index is 1.47. The molecule has 28 heavy (non-hydrogen) atoms. The van der Waals surface area contributed by atoms with E-state index in [0.717, 1.165) is 5.69 Å². The molecule has 0 aliphatic carbocycles. The molecule has 0 N–H and O–H groups in total. The fourth-order valence-corrected chi connectivity index (χ4v) is 5.64. The molecular formula is C18H19N5O3S2. The first-order valence-corrected chi connectivity index (χ1v) is 11.1. The van der Waals surface area contributed by atoms with Crippen molar-refractivity contribution < 1.29 is 13.2 Å². The van der Waals surface area contributed by atoms with Gasteiger partial charge in [-0.15, -0.1) is 16.4 Å². The van der Waals surface area contributed by atoms with E-state index in [1.54, 1.807) is 29.3 Å². The summed E-state index contributed by atoms with van der Waals surface area (Å²) >= 11 is 1.20. The van der Waals surface area contributed by atoms with Crippen LogP contribution in [0.25, 0.3) is 5.69 Å². The summed E-state index contributed by atoms with van der Waals surface area (Å²) in [6, 6.07) is 12.7. The van der Waals surface area contributed by atoms with Gasteiger partial charge in [-0.25, -0.2) is 8.42 Å². The van der Waals surface area contributed by atoms with E-state index in [4.69, 9.17) is 0 Å². The number of hydrogen-bond acceptors (Lipinski definition) is 6. The minimum atomic E-state index is -3.49. The van der Waals surface area contributed by atoms with Crippen LogP contribution in [0.3, 0.4) is 0 Å². The first-order valence-electron chi connectivity index (χ1n) is 8.79. The number of aryl methyl sites for hydroxylation is 1. The Morgan fingerprint density at radius 2 is 1.71 bits per heavy atom. The number of nitrogens with zero attached hydrogens (tertiary/aromatic N) is 5. The highest BCUT2D eigenvalue weighted by molar-refractivity contribution is 7.91. The number of carbonyl (C=O) groups excluding carboxylic acids is 1. The molecule has 0 atom stereocenters. The van der Waals surface area contributed by atoms with Crippen molar-refractivity contribution in [2.45, 2.75) is 11.1 Å². The van der Waals surface area contributed by atoms with Gasteiger partial charge in [0.2, 0.25) is 0 Å². The second kappa shape index (κ2) is 7.46. The minimum Gasteiger partial charge on any atom is -0.335 e. The molecule has 1 amide bonds. The Labute approximate surface area is 167 Å². The number of sulfonamides is 1. The summed E-state index contributed by atoms with van der Waals surface area (Å²) in [5.74, 6) is -0.229. The second-order valence-electron chi connectivity index (χ2n) is 6.39. The number of piperazine rings is 1. The van der Waals surface area contributed by atoms with E-state index in [1.807, 2.05) is 30.3 Å². The molecule has 1 aliphatic heterocycles. The van der Waals surface area contributed by atoms with E-state index < -0.39 is 10.0 Å². The van der Waals surface area contributed by atoms with Gasteiger partial charge in [0.05, 0.1) is 11.4 Å². The molecule has 1 saturated heterocycles. The number of para-hydroxylation sites is 1. The monoisotopic (exact) mass is 417 g/mol. The number of hydrogen-bond donors (Lipinski definition) is 0. The smallest absolute Gasteiger partial charge is 0.276 e. The van der Waals surface area contributed by atoms with E-state index >= 15 is 0 Å². The van der Waals surface area contributed by atoms with Crippen LogP contribution >= 0.6 is 11.3 Å². The zero-order valence-electron chi connectivity index (χ0n) is 15.2. The average molecular weight is 418 g/mol. The predicted octanol–water partition coefficient (Wildman–Crippen LogP) is 1.78. The van der Waals surface area contributed by atoms with Crippen LogP contribution in [0.5, 0.6) is 0 Å². The highest BCUT2D eigenvalue weighted by Crippen LogP contribution is 2.22. The van der Waals surface area contributed by atoms with Crippen LogP contribution < -0.4 is 0 Å². The summed E-state index contributed by atoms with van der Waals surface area (Å²) in [6.45, 7) is 2.91. The summed E-state index contributed by atoms with van der Waals surface area (Å²) in [5, 5.41) is 10.4. The number of benzene rings is 1. The van der Waals surface area contributed by atoms with Gasteiger partial charge in [-0.2, -0.15) is 14.2 Å². The highest BCUT2D eigenvalue weighted by Gasteiger charge is 2.32. The van der Waals surface area contributed by atoms with Crippen LogP contribution in [0.4, 0.5) is 0 Å². The van der Waals surface area contributed by atoms with Gasteiger partial charge in [0.1, 0.15) is 4.21 Å². The summed E-state index contributed by atoms with van der Waals surface area (Å²) in [4.78, 5) is 16.0. The SMILES string of the molecule is Cc1nn(-c2ccccc2)nc1C(=O)N1CCN(S(=O)(=O)c2cccs2)CC1. The summed E-state index contributed by atoms with van der Waals surface area (Å²) in [7, 11) is -3.49. The molecule has 2 aromatic heterocycles. The molecule has 0 spiro atoms.